The van der Waals surface area contributed by atoms with Crippen LogP contribution in [0.25, 0.3) is 0 Å². The van der Waals surface area contributed by atoms with Crippen LogP contribution >= 0.6 is 0 Å². The molecule has 2 heterocycles. The van der Waals surface area contributed by atoms with Crippen molar-refractivity contribution in [2.45, 2.75) is 13.0 Å². The van der Waals surface area contributed by atoms with Crippen LogP contribution in [-0.4, -0.2) is 27.6 Å². The lowest BCUT2D eigenvalue weighted by molar-refractivity contribution is 0.0934. The highest BCUT2D eigenvalue weighted by Crippen LogP contribution is 2.24. The third kappa shape index (κ3) is 3.52. The van der Waals surface area contributed by atoms with Crippen molar-refractivity contribution < 1.29 is 9.53 Å². The monoisotopic (exact) mass is 336 g/mol. The predicted molar refractivity (Wildman–Crippen MR) is 94.5 cm³/mol. The van der Waals surface area contributed by atoms with Crippen LogP contribution in [0, 0.1) is 6.92 Å². The van der Waals surface area contributed by atoms with Gasteiger partial charge in [-0.1, -0.05) is 12.1 Å². The maximum absolute atomic E-state index is 12.8. The normalized spacial score (nSPS) is 11.8. The molecular formula is C19H20N4O2. The first-order valence-corrected chi connectivity index (χ1v) is 7.93. The molecule has 0 fully saturated rings. The van der Waals surface area contributed by atoms with E-state index in [0.717, 1.165) is 16.9 Å². The standard InChI is InChI=1S/C19H20N4O2/c1-13-18(23(2)12-21-13)19(24)22-17(15-8-10-20-11-9-15)14-4-6-16(25-3)7-5-14/h4-12,17H,1-3H3,(H,22,24)/t17-/m1/s1. The number of benzene rings is 1. The molecule has 1 amide bonds. The molecule has 0 bridgehead atoms. The number of ether oxygens (including phenoxy) is 1. The lowest BCUT2D eigenvalue weighted by Gasteiger charge is -2.20. The van der Waals surface area contributed by atoms with Crippen molar-refractivity contribution in [3.8, 4) is 5.75 Å². The minimum atomic E-state index is -0.296. The molecular weight excluding hydrogens is 316 g/mol. The molecule has 0 saturated heterocycles. The number of aromatic nitrogens is 3. The maximum atomic E-state index is 12.8. The van der Waals surface area contributed by atoms with Gasteiger partial charge in [-0.2, -0.15) is 0 Å². The molecule has 0 saturated carbocycles. The fourth-order valence-corrected chi connectivity index (χ4v) is 2.78. The van der Waals surface area contributed by atoms with Crippen molar-refractivity contribution in [1.29, 1.82) is 0 Å². The van der Waals surface area contributed by atoms with Crippen LogP contribution in [-0.2, 0) is 7.05 Å². The highest BCUT2D eigenvalue weighted by atomic mass is 16.5. The first-order chi connectivity index (χ1) is 12.1. The smallest absolute Gasteiger partial charge is 0.270 e. The van der Waals surface area contributed by atoms with Crippen molar-refractivity contribution in [3.63, 3.8) is 0 Å². The molecule has 0 aliphatic heterocycles. The summed E-state index contributed by atoms with van der Waals surface area (Å²) < 4.78 is 6.94. The number of nitrogens with zero attached hydrogens (tertiary/aromatic N) is 3. The second-order valence-corrected chi connectivity index (χ2v) is 5.75. The Morgan fingerprint density at radius 1 is 1.12 bits per heavy atom. The summed E-state index contributed by atoms with van der Waals surface area (Å²) in [6.07, 6.45) is 5.07. The summed E-state index contributed by atoms with van der Waals surface area (Å²) in [7, 11) is 3.44. The number of hydrogen-bond acceptors (Lipinski definition) is 4. The van der Waals surface area contributed by atoms with Gasteiger partial charge in [0.05, 0.1) is 25.2 Å². The molecule has 3 aromatic rings. The average molecular weight is 336 g/mol. The zero-order chi connectivity index (χ0) is 17.8. The first-order valence-electron chi connectivity index (χ1n) is 7.93. The zero-order valence-corrected chi connectivity index (χ0v) is 14.4. The Balaban J connectivity index is 1.95. The van der Waals surface area contributed by atoms with E-state index in [2.05, 4.69) is 15.3 Å². The fraction of sp³-hybridized carbons (Fsp3) is 0.211. The van der Waals surface area contributed by atoms with Gasteiger partial charge in [0, 0.05) is 19.4 Å². The zero-order valence-electron chi connectivity index (χ0n) is 14.4. The highest BCUT2D eigenvalue weighted by Gasteiger charge is 2.21. The summed E-state index contributed by atoms with van der Waals surface area (Å²) in [5.74, 6) is 0.598. The number of aryl methyl sites for hydroxylation is 2. The third-order valence-corrected chi connectivity index (χ3v) is 4.10. The number of rotatable bonds is 5. The Kier molecular flexibility index (Phi) is 4.79. The second-order valence-electron chi connectivity index (χ2n) is 5.75. The molecule has 1 N–H and O–H groups in total. The number of nitrogens with one attached hydrogen (secondary N) is 1. The first kappa shape index (κ1) is 16.7. The van der Waals surface area contributed by atoms with Crippen LogP contribution in [0.1, 0.15) is 33.4 Å². The van der Waals surface area contributed by atoms with Gasteiger partial charge in [0.2, 0.25) is 0 Å². The number of carbonyl (C=O) groups is 1. The van der Waals surface area contributed by atoms with Gasteiger partial charge >= 0.3 is 0 Å². The van der Waals surface area contributed by atoms with Crippen molar-refractivity contribution in [2.24, 2.45) is 7.05 Å². The Hall–Kier alpha value is -3.15. The van der Waals surface area contributed by atoms with Gasteiger partial charge in [0.25, 0.3) is 5.91 Å². The van der Waals surface area contributed by atoms with E-state index in [-0.39, 0.29) is 11.9 Å². The summed E-state index contributed by atoms with van der Waals surface area (Å²) in [5, 5.41) is 3.10. The number of methoxy groups -OCH3 is 1. The molecule has 3 rings (SSSR count). The van der Waals surface area contributed by atoms with E-state index in [1.165, 1.54) is 0 Å². The SMILES string of the molecule is COc1ccc([C@@H](NC(=O)c2c(C)ncn2C)c2ccncc2)cc1. The topological polar surface area (TPSA) is 69.0 Å². The number of hydrogen-bond donors (Lipinski definition) is 1. The molecule has 0 unspecified atom stereocenters. The summed E-state index contributed by atoms with van der Waals surface area (Å²) in [6.45, 7) is 1.82. The van der Waals surface area contributed by atoms with E-state index in [4.69, 9.17) is 4.74 Å². The van der Waals surface area contributed by atoms with Crippen molar-refractivity contribution in [2.75, 3.05) is 7.11 Å². The van der Waals surface area contributed by atoms with Crippen LogP contribution in [0.3, 0.4) is 0 Å². The van der Waals surface area contributed by atoms with Gasteiger partial charge in [0.15, 0.2) is 0 Å². The lowest BCUT2D eigenvalue weighted by Crippen LogP contribution is -2.31. The molecule has 0 aliphatic carbocycles. The molecule has 1 atom stereocenters. The number of carbonyl (C=O) groups excluding carboxylic acids is 1. The van der Waals surface area contributed by atoms with E-state index in [1.54, 1.807) is 30.4 Å². The summed E-state index contributed by atoms with van der Waals surface area (Å²) in [4.78, 5) is 21.1. The molecule has 0 spiro atoms. The van der Waals surface area contributed by atoms with Gasteiger partial charge in [-0.15, -0.1) is 0 Å². The van der Waals surface area contributed by atoms with Crippen molar-refractivity contribution in [3.05, 3.63) is 77.6 Å². The quantitative estimate of drug-likeness (QED) is 0.778. The predicted octanol–water partition coefficient (Wildman–Crippen LogP) is 2.65. The summed E-state index contributed by atoms with van der Waals surface area (Å²) in [6, 6.07) is 11.1. The maximum Gasteiger partial charge on any atom is 0.270 e. The summed E-state index contributed by atoms with van der Waals surface area (Å²) in [5.41, 5.74) is 3.16. The van der Waals surface area contributed by atoms with Crippen molar-refractivity contribution in [1.82, 2.24) is 19.9 Å². The van der Waals surface area contributed by atoms with Gasteiger partial charge in [0.1, 0.15) is 11.4 Å². The van der Waals surface area contributed by atoms with E-state index < -0.39 is 0 Å². The molecule has 6 heteroatoms. The fourth-order valence-electron chi connectivity index (χ4n) is 2.78. The molecule has 6 nitrogen and oxygen atoms in total. The Morgan fingerprint density at radius 2 is 1.76 bits per heavy atom. The van der Waals surface area contributed by atoms with Gasteiger partial charge < -0.3 is 14.6 Å². The highest BCUT2D eigenvalue weighted by molar-refractivity contribution is 5.94. The number of pyridine rings is 1. The van der Waals surface area contributed by atoms with E-state index in [1.807, 2.05) is 50.4 Å². The summed E-state index contributed by atoms with van der Waals surface area (Å²) >= 11 is 0. The van der Waals surface area contributed by atoms with Gasteiger partial charge in [-0.3, -0.25) is 9.78 Å². The van der Waals surface area contributed by atoms with Crippen molar-refractivity contribution >= 4 is 5.91 Å². The molecule has 1 aromatic carbocycles. The van der Waals surface area contributed by atoms with Gasteiger partial charge in [-0.25, -0.2) is 4.98 Å². The Morgan fingerprint density at radius 3 is 2.32 bits per heavy atom. The second kappa shape index (κ2) is 7.17. The van der Waals surface area contributed by atoms with Crippen LogP contribution in [0.15, 0.2) is 55.1 Å². The molecule has 25 heavy (non-hydrogen) atoms. The largest absolute Gasteiger partial charge is 0.497 e. The molecule has 128 valence electrons. The molecule has 0 radical (unpaired) electrons. The number of amides is 1. The minimum absolute atomic E-state index is 0.171. The Bertz CT molecular complexity index is 837. The molecule has 0 aliphatic rings. The average Bonchev–Trinajstić information content (AvgIpc) is 2.99. The lowest BCUT2D eigenvalue weighted by atomic mass is 9.99. The van der Waals surface area contributed by atoms with E-state index in [0.29, 0.717) is 11.4 Å². The third-order valence-electron chi connectivity index (χ3n) is 4.10. The Labute approximate surface area is 146 Å². The van der Waals surface area contributed by atoms with Crippen LogP contribution in [0.2, 0.25) is 0 Å². The van der Waals surface area contributed by atoms with E-state index in [9.17, 15) is 4.79 Å². The van der Waals surface area contributed by atoms with E-state index >= 15 is 0 Å². The minimum Gasteiger partial charge on any atom is -0.497 e. The van der Waals surface area contributed by atoms with Crippen LogP contribution < -0.4 is 10.1 Å². The van der Waals surface area contributed by atoms with Gasteiger partial charge in [-0.05, 0) is 42.3 Å². The molecule has 2 aromatic heterocycles. The number of imidazole rings is 1. The van der Waals surface area contributed by atoms with Crippen LogP contribution in [0.4, 0.5) is 0 Å². The van der Waals surface area contributed by atoms with Crippen LogP contribution in [0.5, 0.6) is 5.75 Å².